The Hall–Kier alpha value is -2.98. The van der Waals surface area contributed by atoms with Gasteiger partial charge in [-0.25, -0.2) is 0 Å². The number of nitrogens with zero attached hydrogens (tertiary/aromatic N) is 2. The van der Waals surface area contributed by atoms with Gasteiger partial charge in [0.2, 0.25) is 0 Å². The van der Waals surface area contributed by atoms with E-state index in [4.69, 9.17) is 4.74 Å². The number of anilines is 1. The highest BCUT2D eigenvalue weighted by molar-refractivity contribution is 5.59. The van der Waals surface area contributed by atoms with Crippen molar-refractivity contribution >= 4 is 5.69 Å². The molecule has 0 aromatic heterocycles. The summed E-state index contributed by atoms with van der Waals surface area (Å²) in [4.78, 5) is 5.05. The van der Waals surface area contributed by atoms with E-state index in [1.54, 1.807) is 6.08 Å². The van der Waals surface area contributed by atoms with E-state index in [0.29, 0.717) is 11.7 Å². The Morgan fingerprint density at radius 1 is 1.00 bits per heavy atom. The van der Waals surface area contributed by atoms with Crippen molar-refractivity contribution in [3.05, 3.63) is 95.3 Å². The number of ether oxygens (including phenoxy) is 1. The minimum absolute atomic E-state index is 0.345. The predicted molar refractivity (Wildman–Crippen MR) is 165 cm³/mol. The van der Waals surface area contributed by atoms with Gasteiger partial charge < -0.3 is 14.7 Å². The number of aryl methyl sites for hydroxylation is 1. The average molecular weight is 529 g/mol. The molecule has 0 amide bonds. The Morgan fingerprint density at radius 3 is 2.51 bits per heavy atom. The molecule has 1 unspecified atom stereocenters. The summed E-state index contributed by atoms with van der Waals surface area (Å²) in [5, 5.41) is 10.0. The van der Waals surface area contributed by atoms with Gasteiger partial charge in [-0.05, 0) is 118 Å². The summed E-state index contributed by atoms with van der Waals surface area (Å²) in [6.07, 6.45) is 15.0. The third kappa shape index (κ3) is 8.76. The van der Waals surface area contributed by atoms with Gasteiger partial charge in [0.1, 0.15) is 18.1 Å². The normalized spacial score (nSPS) is 21.4. The zero-order valence-electron chi connectivity index (χ0n) is 24.2. The van der Waals surface area contributed by atoms with Crippen LogP contribution in [0.4, 0.5) is 5.69 Å². The highest BCUT2D eigenvalue weighted by atomic mass is 16.5. The first-order valence-electron chi connectivity index (χ1n) is 15.1. The Balaban J connectivity index is 1.43. The van der Waals surface area contributed by atoms with E-state index in [1.165, 1.54) is 61.2 Å². The Kier molecular flexibility index (Phi) is 11.1. The van der Waals surface area contributed by atoms with Crippen LogP contribution in [0.5, 0.6) is 5.75 Å². The van der Waals surface area contributed by atoms with Gasteiger partial charge in [0.15, 0.2) is 0 Å². The van der Waals surface area contributed by atoms with Crippen molar-refractivity contribution in [2.24, 2.45) is 0 Å². The topological polar surface area (TPSA) is 35.9 Å². The van der Waals surface area contributed by atoms with Crippen molar-refractivity contribution in [1.29, 1.82) is 0 Å². The summed E-state index contributed by atoms with van der Waals surface area (Å²) in [6.45, 7) is 14.8. The zero-order chi connectivity index (χ0) is 27.5. The van der Waals surface area contributed by atoms with Crippen LogP contribution in [-0.2, 0) is 6.54 Å². The lowest BCUT2D eigenvalue weighted by atomic mass is 9.83. The minimum Gasteiger partial charge on any atom is -0.508 e. The molecule has 1 aliphatic carbocycles. The van der Waals surface area contributed by atoms with Crippen molar-refractivity contribution in [3.63, 3.8) is 0 Å². The second kappa shape index (κ2) is 15.0. The highest BCUT2D eigenvalue weighted by Crippen LogP contribution is 2.38. The number of benzene rings is 2. The van der Waals surface area contributed by atoms with Crippen LogP contribution < -0.4 is 9.64 Å². The molecule has 1 heterocycles. The van der Waals surface area contributed by atoms with Gasteiger partial charge in [0.25, 0.3) is 0 Å². The van der Waals surface area contributed by atoms with Crippen LogP contribution in [0, 0.1) is 6.92 Å². The Labute approximate surface area is 236 Å². The fourth-order valence-electron chi connectivity index (χ4n) is 6.02. The summed E-state index contributed by atoms with van der Waals surface area (Å²) in [7, 11) is 0. The maximum atomic E-state index is 10.0. The van der Waals surface area contributed by atoms with Gasteiger partial charge in [-0.3, -0.25) is 4.90 Å². The molecule has 1 saturated heterocycles. The molecule has 4 rings (SSSR count). The number of rotatable bonds is 9. The van der Waals surface area contributed by atoms with Crippen LogP contribution in [0.1, 0.15) is 80.9 Å². The quantitative estimate of drug-likeness (QED) is 0.354. The summed E-state index contributed by atoms with van der Waals surface area (Å²) < 4.78 is 6.10. The Bertz CT molecular complexity index is 1110. The van der Waals surface area contributed by atoms with Gasteiger partial charge in [-0.1, -0.05) is 55.3 Å². The van der Waals surface area contributed by atoms with Gasteiger partial charge in [0, 0.05) is 25.3 Å². The lowest BCUT2D eigenvalue weighted by Crippen LogP contribution is -2.29. The monoisotopic (exact) mass is 528 g/mol. The van der Waals surface area contributed by atoms with Crippen molar-refractivity contribution in [2.75, 3.05) is 37.7 Å². The molecule has 1 N–H and O–H groups in total. The van der Waals surface area contributed by atoms with Gasteiger partial charge in [-0.2, -0.15) is 0 Å². The van der Waals surface area contributed by atoms with Crippen LogP contribution in [0.15, 0.2) is 78.6 Å². The molecule has 2 aromatic carbocycles. The van der Waals surface area contributed by atoms with Crippen molar-refractivity contribution in [3.8, 4) is 5.75 Å². The lowest BCUT2D eigenvalue weighted by Gasteiger charge is -2.31. The highest BCUT2D eigenvalue weighted by Gasteiger charge is 2.21. The maximum absolute atomic E-state index is 10.0. The molecule has 210 valence electrons. The molecule has 4 nitrogen and oxygen atoms in total. The van der Waals surface area contributed by atoms with Crippen molar-refractivity contribution in [2.45, 2.75) is 77.7 Å². The van der Waals surface area contributed by atoms with Crippen LogP contribution in [0.25, 0.3) is 0 Å². The molecule has 0 bridgehead atoms. The van der Waals surface area contributed by atoms with E-state index in [9.17, 15) is 5.11 Å². The van der Waals surface area contributed by atoms with E-state index in [0.717, 1.165) is 63.2 Å². The minimum atomic E-state index is 0.345. The van der Waals surface area contributed by atoms with E-state index >= 15 is 0 Å². The van der Waals surface area contributed by atoms with Crippen LogP contribution in [-0.4, -0.2) is 42.8 Å². The largest absolute Gasteiger partial charge is 0.508 e. The maximum Gasteiger partial charge on any atom is 0.119 e. The molecule has 39 heavy (non-hydrogen) atoms. The number of hydrogen-bond acceptors (Lipinski definition) is 4. The van der Waals surface area contributed by atoms with Crippen LogP contribution in [0.3, 0.4) is 0 Å². The third-order valence-electron chi connectivity index (χ3n) is 8.21. The number of aliphatic hydroxyl groups is 1. The standard InChI is InChI=1S/C35H48N2O2/c1-4-37(27-30-17-20-33(21-18-30)39-25-24-36-22-9-5-6-10-23-36)34-15-11-12-29(3)35(34)31-13-7-8-14-32(38)19-16-28(2)26-31/h11-12,14-21,31,38H,2,4-10,13,22-27H2,1,3H3/b19-16-,32-14+. The second-order valence-corrected chi connectivity index (χ2v) is 11.2. The SMILES string of the molecule is C=C1/C=C\C(O)=C/CCCC(c2c(C)cccc2N(CC)Cc2ccc(OCCN3CCCCCC3)cc2)C1. The smallest absolute Gasteiger partial charge is 0.119 e. The molecule has 0 radical (unpaired) electrons. The third-order valence-corrected chi connectivity index (χ3v) is 8.21. The predicted octanol–water partition coefficient (Wildman–Crippen LogP) is 8.49. The number of hydrogen-bond donors (Lipinski definition) is 1. The molecule has 0 saturated carbocycles. The number of allylic oxidation sites excluding steroid dienone is 4. The lowest BCUT2D eigenvalue weighted by molar-refractivity contribution is 0.214. The summed E-state index contributed by atoms with van der Waals surface area (Å²) in [5.74, 6) is 1.71. The van der Waals surface area contributed by atoms with Crippen molar-refractivity contribution in [1.82, 2.24) is 4.90 Å². The summed E-state index contributed by atoms with van der Waals surface area (Å²) >= 11 is 0. The molecular formula is C35H48N2O2. The Morgan fingerprint density at radius 2 is 1.77 bits per heavy atom. The molecule has 1 aliphatic heterocycles. The van der Waals surface area contributed by atoms with E-state index in [1.807, 2.05) is 12.2 Å². The first-order valence-corrected chi connectivity index (χ1v) is 15.1. The van der Waals surface area contributed by atoms with E-state index in [2.05, 4.69) is 72.7 Å². The molecule has 4 heteroatoms. The van der Waals surface area contributed by atoms with Gasteiger partial charge in [-0.15, -0.1) is 0 Å². The number of likely N-dealkylation sites (tertiary alicyclic amines) is 1. The zero-order valence-corrected chi connectivity index (χ0v) is 24.2. The first kappa shape index (κ1) is 29.0. The fourth-order valence-corrected chi connectivity index (χ4v) is 6.02. The van der Waals surface area contributed by atoms with Gasteiger partial charge in [0.05, 0.1) is 0 Å². The number of aliphatic hydroxyl groups excluding tert-OH is 1. The average Bonchev–Trinajstić information content (AvgIpc) is 3.22. The van der Waals surface area contributed by atoms with Crippen LogP contribution in [0.2, 0.25) is 0 Å². The summed E-state index contributed by atoms with van der Waals surface area (Å²) in [6, 6.07) is 15.4. The fraction of sp³-hybridized carbons (Fsp3) is 0.486. The molecule has 1 atom stereocenters. The molecule has 0 spiro atoms. The van der Waals surface area contributed by atoms with Crippen LogP contribution >= 0.6 is 0 Å². The molecular weight excluding hydrogens is 480 g/mol. The second-order valence-electron chi connectivity index (χ2n) is 11.2. The summed E-state index contributed by atoms with van der Waals surface area (Å²) in [5.41, 5.74) is 6.47. The molecule has 1 fully saturated rings. The van der Waals surface area contributed by atoms with E-state index < -0.39 is 0 Å². The van der Waals surface area contributed by atoms with Crippen molar-refractivity contribution < 1.29 is 9.84 Å². The molecule has 2 aliphatic rings. The van der Waals surface area contributed by atoms with E-state index in [-0.39, 0.29) is 0 Å². The van der Waals surface area contributed by atoms with Gasteiger partial charge >= 0.3 is 0 Å². The first-order chi connectivity index (χ1) is 19.0. The molecule has 2 aromatic rings.